The van der Waals surface area contributed by atoms with E-state index in [1.807, 2.05) is 25.3 Å². The molecule has 0 saturated carbocycles. The summed E-state index contributed by atoms with van der Waals surface area (Å²) < 4.78 is 44.4. The Labute approximate surface area is 188 Å². The fourth-order valence-electron chi connectivity index (χ4n) is 3.34. The highest BCUT2D eigenvalue weighted by atomic mass is 35.5. The molecule has 0 saturated heterocycles. The van der Waals surface area contributed by atoms with E-state index < -0.39 is 11.7 Å². The molecule has 0 fully saturated rings. The Balaban J connectivity index is 1.35. The van der Waals surface area contributed by atoms with Crippen molar-refractivity contribution in [3.8, 4) is 5.75 Å². The van der Waals surface area contributed by atoms with E-state index in [-0.39, 0.29) is 22.0 Å². The van der Waals surface area contributed by atoms with Gasteiger partial charge in [0.25, 0.3) is 0 Å². The average molecular weight is 478 g/mol. The summed E-state index contributed by atoms with van der Waals surface area (Å²) in [7, 11) is 0. The largest absolute Gasteiger partial charge is 0.416 e. The number of alkyl halides is 3. The van der Waals surface area contributed by atoms with Gasteiger partial charge in [-0.3, -0.25) is 0 Å². The number of nitrogens with zero attached hydrogens (tertiary/aromatic N) is 3. The molecule has 0 aliphatic carbocycles. The Kier molecular flexibility index (Phi) is 4.98. The molecule has 164 valence electrons. The number of anilines is 2. The third kappa shape index (κ3) is 3.98. The molecule has 6 nitrogen and oxygen atoms in total. The van der Waals surface area contributed by atoms with Crippen molar-refractivity contribution in [2.75, 3.05) is 11.9 Å². The van der Waals surface area contributed by atoms with Gasteiger partial charge in [0.2, 0.25) is 5.95 Å². The van der Waals surface area contributed by atoms with Crippen molar-refractivity contribution in [3.63, 3.8) is 0 Å². The molecule has 1 aliphatic rings. The van der Waals surface area contributed by atoms with Crippen molar-refractivity contribution < 1.29 is 18.0 Å². The minimum Gasteiger partial charge on any atom is -0.380 e. The smallest absolute Gasteiger partial charge is 0.380 e. The lowest BCUT2D eigenvalue weighted by Gasteiger charge is -2.21. The highest BCUT2D eigenvalue weighted by Crippen LogP contribution is 2.35. The van der Waals surface area contributed by atoms with E-state index in [4.69, 9.17) is 16.4 Å². The zero-order valence-electron chi connectivity index (χ0n) is 16.5. The van der Waals surface area contributed by atoms with Gasteiger partial charge >= 0.3 is 6.18 Å². The number of imidazole rings is 1. The number of aryl methyl sites for hydroxylation is 1. The second kappa shape index (κ2) is 7.72. The maximum atomic E-state index is 13.0. The van der Waals surface area contributed by atoms with Gasteiger partial charge in [-0.15, -0.1) is 0 Å². The van der Waals surface area contributed by atoms with E-state index in [9.17, 15) is 13.2 Å². The van der Waals surface area contributed by atoms with Crippen molar-refractivity contribution in [1.29, 1.82) is 0 Å². The first-order chi connectivity index (χ1) is 15.3. The third-order valence-corrected chi connectivity index (χ3v) is 5.99. The van der Waals surface area contributed by atoms with Crippen LogP contribution in [0.1, 0.15) is 11.1 Å². The molecule has 0 atom stereocenters. The van der Waals surface area contributed by atoms with Gasteiger partial charge in [-0.1, -0.05) is 11.6 Å². The topological polar surface area (TPSA) is 66.1 Å². The molecular formula is C21H15ClF3N5OS. The summed E-state index contributed by atoms with van der Waals surface area (Å²) in [5.41, 5.74) is 1.19. The first kappa shape index (κ1) is 20.7. The number of hydrogen-bond donors (Lipinski definition) is 2. The van der Waals surface area contributed by atoms with Crippen molar-refractivity contribution in [2.24, 2.45) is 0 Å². The van der Waals surface area contributed by atoms with Gasteiger partial charge in [-0.05, 0) is 60.4 Å². The van der Waals surface area contributed by atoms with Crippen molar-refractivity contribution >= 4 is 58.1 Å². The SMILES string of the molecule is Cc1cc(Nc2nc3c(Cl)cc(C(F)(F)F)cc3[nH]2)ccc1ON1C=c2cnsc2=CC1. The van der Waals surface area contributed by atoms with Gasteiger partial charge in [0.05, 0.1) is 33.4 Å². The lowest BCUT2D eigenvalue weighted by Crippen LogP contribution is -2.34. The number of hydroxylamine groups is 2. The zero-order chi connectivity index (χ0) is 22.5. The van der Waals surface area contributed by atoms with Gasteiger partial charge in [0, 0.05) is 17.1 Å². The van der Waals surface area contributed by atoms with Crippen molar-refractivity contribution in [1.82, 2.24) is 19.4 Å². The number of rotatable bonds is 4. The van der Waals surface area contributed by atoms with Crippen LogP contribution in [0.5, 0.6) is 5.75 Å². The summed E-state index contributed by atoms with van der Waals surface area (Å²) in [6.07, 6.45) is 1.25. The molecule has 2 N–H and O–H groups in total. The molecule has 3 heterocycles. The Morgan fingerprint density at radius 2 is 2.09 bits per heavy atom. The number of halogens is 4. The lowest BCUT2D eigenvalue weighted by atomic mass is 10.2. The van der Waals surface area contributed by atoms with Gasteiger partial charge in [0.1, 0.15) is 5.52 Å². The van der Waals surface area contributed by atoms with Crippen LogP contribution in [0.15, 0.2) is 36.5 Å². The third-order valence-electron chi connectivity index (χ3n) is 4.89. The Hall–Kier alpha value is -3.24. The maximum Gasteiger partial charge on any atom is 0.416 e. The Morgan fingerprint density at radius 1 is 1.25 bits per heavy atom. The van der Waals surface area contributed by atoms with Gasteiger partial charge in [-0.25, -0.2) is 10.0 Å². The second-order valence-electron chi connectivity index (χ2n) is 7.21. The molecule has 2 aromatic heterocycles. The van der Waals surface area contributed by atoms with E-state index in [2.05, 4.69) is 25.7 Å². The van der Waals surface area contributed by atoms with Crippen LogP contribution in [0, 0.1) is 6.92 Å². The number of fused-ring (bicyclic) bond motifs is 2. The predicted molar refractivity (Wildman–Crippen MR) is 118 cm³/mol. The standard InChI is InChI=1S/C21H15ClF3N5OS/c1-11-6-14(2-3-17(11)31-30-5-4-18-12(10-30)9-26-32-18)27-20-28-16-8-13(21(23,24)25)7-15(22)19(16)29-20/h2-4,6-10H,5H2,1H3,(H2,27,28,29). The zero-order valence-corrected chi connectivity index (χ0v) is 18.1. The molecule has 32 heavy (non-hydrogen) atoms. The fourth-order valence-corrected chi connectivity index (χ4v) is 4.24. The highest BCUT2D eigenvalue weighted by molar-refractivity contribution is 7.03. The summed E-state index contributed by atoms with van der Waals surface area (Å²) in [6, 6.07) is 7.32. The number of H-pyrrole nitrogens is 1. The average Bonchev–Trinajstić information content (AvgIpc) is 3.35. The van der Waals surface area contributed by atoms with Crippen LogP contribution in [0.3, 0.4) is 0 Å². The number of nitrogens with one attached hydrogen (secondary N) is 2. The van der Waals surface area contributed by atoms with Crippen LogP contribution in [-0.4, -0.2) is 25.9 Å². The molecular weight excluding hydrogens is 463 g/mol. The molecule has 0 spiro atoms. The predicted octanol–water partition coefficient (Wildman–Crippen LogP) is 4.57. The van der Waals surface area contributed by atoms with E-state index >= 15 is 0 Å². The number of benzene rings is 2. The Bertz CT molecular complexity index is 1450. The maximum absolute atomic E-state index is 13.0. The Morgan fingerprint density at radius 3 is 2.88 bits per heavy atom. The molecule has 4 aromatic rings. The normalized spacial score (nSPS) is 13.5. The van der Waals surface area contributed by atoms with Crippen LogP contribution in [0.2, 0.25) is 5.02 Å². The minimum atomic E-state index is -4.49. The highest BCUT2D eigenvalue weighted by Gasteiger charge is 2.31. The van der Waals surface area contributed by atoms with Crippen LogP contribution >= 0.6 is 23.1 Å². The van der Waals surface area contributed by atoms with E-state index in [0.29, 0.717) is 18.0 Å². The molecule has 11 heteroatoms. The summed E-state index contributed by atoms with van der Waals surface area (Å²) in [5.74, 6) is 0.958. The molecule has 0 unspecified atom stereocenters. The number of hydrogen-bond acceptors (Lipinski definition) is 6. The lowest BCUT2D eigenvalue weighted by molar-refractivity contribution is -0.137. The quantitative estimate of drug-likeness (QED) is 0.450. The summed E-state index contributed by atoms with van der Waals surface area (Å²) in [6.45, 7) is 2.51. The van der Waals surface area contributed by atoms with Gasteiger partial charge in [-0.2, -0.15) is 17.5 Å². The number of aromatic amines is 1. The molecule has 5 rings (SSSR count). The monoisotopic (exact) mass is 477 g/mol. The van der Waals surface area contributed by atoms with Crippen LogP contribution in [-0.2, 0) is 6.18 Å². The van der Waals surface area contributed by atoms with Gasteiger partial charge < -0.3 is 15.1 Å². The summed E-state index contributed by atoms with van der Waals surface area (Å²) >= 11 is 7.45. The van der Waals surface area contributed by atoms with Gasteiger partial charge in [0.15, 0.2) is 5.75 Å². The summed E-state index contributed by atoms with van der Waals surface area (Å²) in [5, 5.41) is 5.73. The molecule has 2 aromatic carbocycles. The van der Waals surface area contributed by atoms with Crippen molar-refractivity contribution in [2.45, 2.75) is 13.1 Å². The molecule has 0 bridgehead atoms. The van der Waals surface area contributed by atoms with E-state index in [1.165, 1.54) is 11.5 Å². The van der Waals surface area contributed by atoms with E-state index in [1.54, 1.807) is 17.3 Å². The van der Waals surface area contributed by atoms with Crippen LogP contribution in [0.4, 0.5) is 24.8 Å². The molecule has 0 radical (unpaired) electrons. The minimum absolute atomic E-state index is 0.0716. The number of aromatic nitrogens is 3. The van der Waals surface area contributed by atoms with Crippen molar-refractivity contribution in [3.05, 3.63) is 62.4 Å². The molecule has 1 aliphatic heterocycles. The van der Waals surface area contributed by atoms with Crippen LogP contribution < -0.4 is 19.9 Å². The first-order valence-corrected chi connectivity index (χ1v) is 10.6. The summed E-state index contributed by atoms with van der Waals surface area (Å²) in [4.78, 5) is 13.1. The molecule has 0 amide bonds. The van der Waals surface area contributed by atoms with Crippen LogP contribution in [0.25, 0.3) is 23.3 Å². The fraction of sp³-hybridized carbons (Fsp3) is 0.143. The van der Waals surface area contributed by atoms with E-state index in [0.717, 1.165) is 27.4 Å². The first-order valence-electron chi connectivity index (χ1n) is 9.48. The second-order valence-corrected chi connectivity index (χ2v) is 8.45.